The molecule has 0 radical (unpaired) electrons. The van der Waals surface area contributed by atoms with Crippen molar-refractivity contribution in [3.05, 3.63) is 180 Å². The second-order valence-corrected chi connectivity index (χ2v) is 11.1. The molecular formula is C47H54F2O. The first-order valence-electron chi connectivity index (χ1n) is 17.9. The Kier molecular flexibility index (Phi) is 19.4. The van der Waals surface area contributed by atoms with Crippen molar-refractivity contribution < 1.29 is 13.9 Å². The van der Waals surface area contributed by atoms with Crippen LogP contribution in [0.1, 0.15) is 77.7 Å². The highest BCUT2D eigenvalue weighted by Crippen LogP contribution is 2.25. The van der Waals surface area contributed by atoms with Gasteiger partial charge in [0.05, 0.1) is 6.10 Å². The lowest BCUT2D eigenvalue weighted by atomic mass is 10.0. The van der Waals surface area contributed by atoms with Crippen molar-refractivity contribution in [2.75, 3.05) is 0 Å². The van der Waals surface area contributed by atoms with E-state index in [0.29, 0.717) is 12.0 Å². The third-order valence-corrected chi connectivity index (χ3v) is 7.72. The van der Waals surface area contributed by atoms with Gasteiger partial charge in [-0.05, 0) is 76.4 Å². The zero-order valence-electron chi connectivity index (χ0n) is 30.8. The number of aliphatic hydroxyl groups is 1. The van der Waals surface area contributed by atoms with Crippen LogP contribution in [0.5, 0.6) is 0 Å². The molecular weight excluding hydrogens is 619 g/mol. The fourth-order valence-corrected chi connectivity index (χ4v) is 5.04. The molecule has 1 unspecified atom stereocenters. The van der Waals surface area contributed by atoms with E-state index in [1.807, 2.05) is 113 Å². The van der Waals surface area contributed by atoms with Crippen molar-refractivity contribution in [3.63, 3.8) is 0 Å². The van der Waals surface area contributed by atoms with Crippen LogP contribution in [0.3, 0.4) is 0 Å². The Morgan fingerprint density at radius 1 is 0.480 bits per heavy atom. The summed E-state index contributed by atoms with van der Waals surface area (Å²) in [7, 11) is 0. The maximum absolute atomic E-state index is 13.7. The normalized spacial score (nSPS) is 10.4. The van der Waals surface area contributed by atoms with Crippen LogP contribution in [0.2, 0.25) is 0 Å². The highest BCUT2D eigenvalue weighted by molar-refractivity contribution is 5.65. The number of hydrogen-bond acceptors (Lipinski definition) is 1. The Bertz CT molecular complexity index is 1710. The topological polar surface area (TPSA) is 20.2 Å². The summed E-state index contributed by atoms with van der Waals surface area (Å²) in [5, 5.41) is 9.39. The van der Waals surface area contributed by atoms with Gasteiger partial charge in [0, 0.05) is 5.56 Å². The van der Waals surface area contributed by atoms with E-state index < -0.39 is 17.7 Å². The van der Waals surface area contributed by atoms with E-state index in [4.69, 9.17) is 0 Å². The van der Waals surface area contributed by atoms with Crippen LogP contribution in [0.15, 0.2) is 152 Å². The maximum atomic E-state index is 13.7. The fraction of sp³-hybridized carbons (Fsp3) is 0.234. The summed E-state index contributed by atoms with van der Waals surface area (Å²) in [4.78, 5) is 0. The maximum Gasteiger partial charge on any atom is 0.129 e. The fourth-order valence-electron chi connectivity index (χ4n) is 5.04. The predicted molar refractivity (Wildman–Crippen MR) is 212 cm³/mol. The smallest absolute Gasteiger partial charge is 0.129 e. The molecule has 0 spiro atoms. The van der Waals surface area contributed by atoms with Crippen molar-refractivity contribution in [1.29, 1.82) is 0 Å². The molecule has 1 atom stereocenters. The molecule has 50 heavy (non-hydrogen) atoms. The summed E-state index contributed by atoms with van der Waals surface area (Å²) in [6.45, 7) is 13.9. The zero-order valence-corrected chi connectivity index (χ0v) is 30.8. The zero-order chi connectivity index (χ0) is 36.7. The lowest BCUT2D eigenvalue weighted by molar-refractivity contribution is 0.199. The van der Waals surface area contributed by atoms with E-state index in [1.54, 1.807) is 6.92 Å². The van der Waals surface area contributed by atoms with Crippen LogP contribution >= 0.6 is 0 Å². The number of rotatable bonds is 7. The highest BCUT2D eigenvalue weighted by atomic mass is 19.1. The molecule has 0 saturated heterocycles. The van der Waals surface area contributed by atoms with Crippen LogP contribution < -0.4 is 0 Å². The van der Waals surface area contributed by atoms with Crippen LogP contribution in [-0.4, -0.2) is 5.11 Å². The summed E-state index contributed by atoms with van der Waals surface area (Å²) >= 11 is 0. The molecule has 0 aliphatic rings. The third kappa shape index (κ3) is 13.2. The molecule has 1 N–H and O–H groups in total. The molecule has 0 amide bonds. The predicted octanol–water partition coefficient (Wildman–Crippen LogP) is 14.0. The SMILES string of the molecule is CC.CC.CC(O)c1ccc(-c2ccccc2)cc1.CCCc1c(F)cc(-c2ccccc2)cc1F.CCc1ccc(-c2ccccc2)cc1. The van der Waals surface area contributed by atoms with Crippen molar-refractivity contribution in [2.24, 2.45) is 0 Å². The standard InChI is InChI=1S/C15H14F2.C14H14O.C14H14.2C2H6/c1-2-6-13-14(16)9-12(10-15(13)17)11-7-4-3-5-8-11;1-11(15)12-7-9-14(10-8-12)13-5-3-2-4-6-13;1-2-12-8-10-14(11-9-12)13-6-4-3-5-7-13;2*1-2/h3-5,7-10H,2,6H2,1H3;2-11,15H,1H3;3-11H,2H2,1H3;2*1-2H3. The first kappa shape index (κ1) is 41.3. The van der Waals surface area contributed by atoms with Gasteiger partial charge in [-0.3, -0.25) is 0 Å². The summed E-state index contributed by atoms with van der Waals surface area (Å²) in [5.41, 5.74) is 8.91. The Labute approximate surface area is 300 Å². The van der Waals surface area contributed by atoms with Crippen molar-refractivity contribution in [3.8, 4) is 33.4 Å². The molecule has 262 valence electrons. The van der Waals surface area contributed by atoms with Crippen LogP contribution in [-0.2, 0) is 12.8 Å². The molecule has 0 heterocycles. The second kappa shape index (κ2) is 23.5. The van der Waals surface area contributed by atoms with Crippen molar-refractivity contribution >= 4 is 0 Å². The van der Waals surface area contributed by atoms with E-state index >= 15 is 0 Å². The monoisotopic (exact) mass is 672 g/mol. The average molecular weight is 673 g/mol. The van der Waals surface area contributed by atoms with Gasteiger partial charge in [-0.25, -0.2) is 8.78 Å². The molecule has 0 fully saturated rings. The lowest BCUT2D eigenvalue weighted by Gasteiger charge is -2.07. The molecule has 0 bridgehead atoms. The minimum Gasteiger partial charge on any atom is -0.389 e. The minimum absolute atomic E-state index is 0.187. The highest BCUT2D eigenvalue weighted by Gasteiger charge is 2.11. The van der Waals surface area contributed by atoms with Gasteiger partial charge >= 0.3 is 0 Å². The number of halogens is 2. The molecule has 0 aliphatic carbocycles. The van der Waals surface area contributed by atoms with E-state index in [2.05, 4.69) is 67.6 Å². The minimum atomic E-state index is -0.453. The van der Waals surface area contributed by atoms with E-state index in [-0.39, 0.29) is 5.56 Å². The second-order valence-electron chi connectivity index (χ2n) is 11.1. The van der Waals surface area contributed by atoms with Gasteiger partial charge in [0.2, 0.25) is 0 Å². The van der Waals surface area contributed by atoms with E-state index in [1.165, 1.54) is 39.9 Å². The van der Waals surface area contributed by atoms with Gasteiger partial charge < -0.3 is 5.11 Å². The van der Waals surface area contributed by atoms with Gasteiger partial charge in [-0.15, -0.1) is 0 Å². The van der Waals surface area contributed by atoms with Crippen molar-refractivity contribution in [1.82, 2.24) is 0 Å². The van der Waals surface area contributed by atoms with Gasteiger partial charge in [0.15, 0.2) is 0 Å². The first-order chi connectivity index (χ1) is 24.4. The molecule has 6 aromatic carbocycles. The van der Waals surface area contributed by atoms with Gasteiger partial charge in [0.1, 0.15) is 11.6 Å². The molecule has 6 rings (SSSR count). The summed E-state index contributed by atoms with van der Waals surface area (Å²) in [6, 6.07) is 49.5. The summed E-state index contributed by atoms with van der Waals surface area (Å²) in [5.74, 6) is -0.906. The van der Waals surface area contributed by atoms with Gasteiger partial charge in [0.25, 0.3) is 0 Å². The quantitative estimate of drug-likeness (QED) is 0.179. The molecule has 3 heteroatoms. The number of aliphatic hydroxyl groups excluding tert-OH is 1. The Hall–Kier alpha value is -4.86. The number of benzene rings is 6. The Morgan fingerprint density at radius 3 is 1.16 bits per heavy atom. The molecule has 0 saturated carbocycles. The van der Waals surface area contributed by atoms with E-state index in [9.17, 15) is 13.9 Å². The summed E-state index contributed by atoms with van der Waals surface area (Å²) < 4.78 is 27.5. The molecule has 6 aromatic rings. The number of hydrogen-bond donors (Lipinski definition) is 1. The lowest BCUT2D eigenvalue weighted by Crippen LogP contribution is -1.96. The van der Waals surface area contributed by atoms with Crippen LogP contribution in [0.4, 0.5) is 8.78 Å². The average Bonchev–Trinajstić information content (AvgIpc) is 3.19. The Morgan fingerprint density at radius 2 is 0.820 bits per heavy atom. The molecule has 0 aromatic heterocycles. The van der Waals surface area contributed by atoms with E-state index in [0.717, 1.165) is 24.0 Å². The van der Waals surface area contributed by atoms with Gasteiger partial charge in [-0.2, -0.15) is 0 Å². The molecule has 0 aliphatic heterocycles. The molecule has 1 nitrogen and oxygen atoms in total. The largest absolute Gasteiger partial charge is 0.389 e. The van der Waals surface area contributed by atoms with Crippen LogP contribution in [0.25, 0.3) is 33.4 Å². The van der Waals surface area contributed by atoms with Gasteiger partial charge in [-0.1, -0.05) is 187 Å². The Balaban J connectivity index is 0.000000248. The third-order valence-electron chi connectivity index (χ3n) is 7.72. The summed E-state index contributed by atoms with van der Waals surface area (Å²) in [6.07, 6.45) is 1.88. The van der Waals surface area contributed by atoms with Crippen LogP contribution in [0, 0.1) is 11.6 Å². The first-order valence-corrected chi connectivity index (χ1v) is 17.9. The van der Waals surface area contributed by atoms with Crippen molar-refractivity contribution in [2.45, 2.75) is 73.8 Å². The number of aryl methyl sites for hydroxylation is 1.